The Hall–Kier alpha value is -1.96. The van der Waals surface area contributed by atoms with E-state index < -0.39 is 24.7 Å². The molecule has 9 heteroatoms. The highest BCUT2D eigenvalue weighted by Gasteiger charge is 2.17. The third-order valence-electron chi connectivity index (χ3n) is 2.36. The topological polar surface area (TPSA) is 44.5 Å². The summed E-state index contributed by atoms with van der Waals surface area (Å²) in [6.07, 6.45) is 0. The lowest BCUT2D eigenvalue weighted by Crippen LogP contribution is -2.07. The normalized spacial score (nSPS) is 11.2. The molecule has 4 nitrogen and oxygen atoms in total. The van der Waals surface area contributed by atoms with E-state index in [0.717, 1.165) is 12.1 Å². The number of benzene rings is 1. The van der Waals surface area contributed by atoms with Crippen LogP contribution in [-0.4, -0.2) is 18.4 Å². The highest BCUT2D eigenvalue weighted by atomic mass is 35.5. The first-order valence-corrected chi connectivity index (χ1v) is 6.08. The molecule has 0 spiro atoms. The molecule has 2 rings (SSSR count). The smallest absolute Gasteiger partial charge is 0.387 e. The molecule has 1 aromatic heterocycles. The molecule has 0 fully saturated rings. The van der Waals surface area contributed by atoms with E-state index in [1.54, 1.807) is 0 Å². The molecule has 114 valence electrons. The van der Waals surface area contributed by atoms with E-state index in [-0.39, 0.29) is 5.88 Å². The zero-order valence-corrected chi connectivity index (χ0v) is 11.0. The van der Waals surface area contributed by atoms with Crippen LogP contribution < -0.4 is 9.47 Å². The molecule has 21 heavy (non-hydrogen) atoms. The average molecular weight is 326 g/mol. The highest BCUT2D eigenvalue weighted by molar-refractivity contribution is 6.16. The van der Waals surface area contributed by atoms with Gasteiger partial charge < -0.3 is 14.0 Å². The van der Waals surface area contributed by atoms with Gasteiger partial charge in [0.15, 0.2) is 17.3 Å². The Bertz CT molecular complexity index is 606. The monoisotopic (exact) mass is 325 g/mol. The number of aromatic nitrogens is 1. The van der Waals surface area contributed by atoms with Crippen molar-refractivity contribution >= 4 is 11.6 Å². The van der Waals surface area contributed by atoms with E-state index >= 15 is 0 Å². The summed E-state index contributed by atoms with van der Waals surface area (Å²) < 4.78 is 62.2. The SMILES string of the molecule is FC(F)Oc1ccc(-c2cc(CCl)on2)cc1OC(F)F. The van der Waals surface area contributed by atoms with Crippen LogP contribution in [0.25, 0.3) is 11.3 Å². The maximum Gasteiger partial charge on any atom is 0.387 e. The average Bonchev–Trinajstić information content (AvgIpc) is 2.88. The molecule has 0 amide bonds. The van der Waals surface area contributed by atoms with Crippen molar-refractivity contribution in [2.75, 3.05) is 0 Å². The number of hydrogen-bond acceptors (Lipinski definition) is 4. The summed E-state index contributed by atoms with van der Waals surface area (Å²) in [5.74, 6) is -0.579. The van der Waals surface area contributed by atoms with Gasteiger partial charge in [-0.3, -0.25) is 0 Å². The molecule has 0 saturated carbocycles. The van der Waals surface area contributed by atoms with Crippen molar-refractivity contribution in [3.05, 3.63) is 30.0 Å². The van der Waals surface area contributed by atoms with E-state index in [4.69, 9.17) is 16.1 Å². The van der Waals surface area contributed by atoms with Gasteiger partial charge in [0, 0.05) is 11.6 Å². The van der Waals surface area contributed by atoms with Crippen LogP contribution in [0.2, 0.25) is 0 Å². The lowest BCUT2D eigenvalue weighted by atomic mass is 10.1. The molecule has 1 heterocycles. The molecule has 0 N–H and O–H groups in total. The maximum absolute atomic E-state index is 12.3. The standard InChI is InChI=1S/C12H8ClF4NO3/c13-5-7-4-8(18-21-7)6-1-2-9(19-11(14)15)10(3-6)20-12(16)17/h1-4,11-12H,5H2. The van der Waals surface area contributed by atoms with Gasteiger partial charge in [-0.05, 0) is 18.2 Å². The minimum Gasteiger partial charge on any atom is -0.431 e. The van der Waals surface area contributed by atoms with Gasteiger partial charge in [-0.25, -0.2) is 0 Å². The second kappa shape index (κ2) is 6.66. The Morgan fingerprint density at radius 2 is 1.71 bits per heavy atom. The molecular formula is C12H8ClF4NO3. The summed E-state index contributed by atoms with van der Waals surface area (Å²) in [5.41, 5.74) is 0.626. The van der Waals surface area contributed by atoms with E-state index in [1.807, 2.05) is 0 Å². The number of nitrogens with zero attached hydrogens (tertiary/aromatic N) is 1. The van der Waals surface area contributed by atoms with Gasteiger partial charge in [-0.1, -0.05) is 5.16 Å². The van der Waals surface area contributed by atoms with Crippen molar-refractivity contribution < 1.29 is 31.6 Å². The van der Waals surface area contributed by atoms with E-state index in [0.29, 0.717) is 17.0 Å². The fraction of sp³-hybridized carbons (Fsp3) is 0.250. The van der Waals surface area contributed by atoms with E-state index in [1.165, 1.54) is 12.1 Å². The molecule has 1 aromatic carbocycles. The molecule has 0 aliphatic heterocycles. The van der Waals surface area contributed by atoms with Crippen molar-refractivity contribution in [2.24, 2.45) is 0 Å². The first-order valence-electron chi connectivity index (χ1n) is 5.55. The van der Waals surface area contributed by atoms with Crippen LogP contribution >= 0.6 is 11.6 Å². The zero-order chi connectivity index (χ0) is 15.4. The van der Waals surface area contributed by atoms with Crippen molar-refractivity contribution in [2.45, 2.75) is 19.1 Å². The molecule has 0 bridgehead atoms. The summed E-state index contributed by atoms with van der Waals surface area (Å²) in [7, 11) is 0. The molecule has 0 unspecified atom stereocenters. The predicted octanol–water partition coefficient (Wildman–Crippen LogP) is 4.28. The van der Waals surface area contributed by atoms with Crippen molar-refractivity contribution in [1.82, 2.24) is 5.16 Å². The van der Waals surface area contributed by atoms with Gasteiger partial charge in [0.1, 0.15) is 5.69 Å². The number of rotatable bonds is 6. The molecule has 2 aromatic rings. The summed E-state index contributed by atoms with van der Waals surface area (Å²) >= 11 is 5.55. The van der Waals surface area contributed by atoms with Gasteiger partial charge in [0.2, 0.25) is 0 Å². The number of ether oxygens (including phenoxy) is 2. The number of halogens is 5. The largest absolute Gasteiger partial charge is 0.431 e. The Morgan fingerprint density at radius 3 is 2.29 bits per heavy atom. The first kappa shape index (κ1) is 15.4. The van der Waals surface area contributed by atoms with Crippen molar-refractivity contribution in [3.8, 4) is 22.8 Å². The van der Waals surface area contributed by atoms with Crippen LogP contribution in [0.15, 0.2) is 28.8 Å². The van der Waals surface area contributed by atoms with Crippen LogP contribution in [0.5, 0.6) is 11.5 Å². The Kier molecular flexibility index (Phi) is 4.89. The van der Waals surface area contributed by atoms with Gasteiger partial charge >= 0.3 is 13.2 Å². The zero-order valence-electron chi connectivity index (χ0n) is 10.2. The van der Waals surface area contributed by atoms with Crippen LogP contribution in [-0.2, 0) is 5.88 Å². The highest BCUT2D eigenvalue weighted by Crippen LogP contribution is 2.34. The van der Waals surface area contributed by atoms with Crippen LogP contribution in [0.4, 0.5) is 17.6 Å². The maximum atomic E-state index is 12.3. The van der Waals surface area contributed by atoms with E-state index in [9.17, 15) is 17.6 Å². The summed E-state index contributed by atoms with van der Waals surface area (Å²) in [6, 6.07) is 5.02. The first-order chi connectivity index (χ1) is 9.99. The van der Waals surface area contributed by atoms with Gasteiger partial charge in [0.25, 0.3) is 0 Å². The second-order valence-electron chi connectivity index (χ2n) is 3.73. The fourth-order valence-corrected chi connectivity index (χ4v) is 1.69. The van der Waals surface area contributed by atoms with Crippen LogP contribution in [0.3, 0.4) is 0 Å². The molecule has 0 radical (unpaired) electrons. The molecule has 0 aliphatic carbocycles. The van der Waals surface area contributed by atoms with Crippen molar-refractivity contribution in [3.63, 3.8) is 0 Å². The number of alkyl halides is 5. The van der Waals surface area contributed by atoms with E-state index in [2.05, 4.69) is 14.6 Å². The van der Waals surface area contributed by atoms with Gasteiger partial charge in [0.05, 0.1) is 5.88 Å². The fourth-order valence-electron chi connectivity index (χ4n) is 1.56. The Balaban J connectivity index is 2.35. The minimum atomic E-state index is -3.18. The Morgan fingerprint density at radius 1 is 1.05 bits per heavy atom. The lowest BCUT2D eigenvalue weighted by molar-refractivity contribution is -0.0692. The van der Waals surface area contributed by atoms with Gasteiger partial charge in [-0.15, -0.1) is 11.6 Å². The predicted molar refractivity (Wildman–Crippen MR) is 64.8 cm³/mol. The third-order valence-corrected chi connectivity index (χ3v) is 2.63. The minimum absolute atomic E-state index is 0.0833. The van der Waals surface area contributed by atoms with Gasteiger partial charge in [-0.2, -0.15) is 17.6 Å². The summed E-state index contributed by atoms with van der Waals surface area (Å²) in [5, 5.41) is 3.68. The van der Waals surface area contributed by atoms with Crippen molar-refractivity contribution in [1.29, 1.82) is 0 Å². The van der Waals surface area contributed by atoms with Crippen LogP contribution in [0, 0.1) is 0 Å². The number of hydrogen-bond donors (Lipinski definition) is 0. The Labute approximate surface area is 121 Å². The molecular weight excluding hydrogens is 318 g/mol. The third kappa shape index (κ3) is 4.01. The molecule has 0 atom stereocenters. The molecule has 0 saturated heterocycles. The lowest BCUT2D eigenvalue weighted by Gasteiger charge is -2.12. The quantitative estimate of drug-likeness (QED) is 0.587. The second-order valence-corrected chi connectivity index (χ2v) is 4.00. The summed E-state index contributed by atoms with van der Waals surface area (Å²) in [6.45, 7) is -6.35. The van der Waals surface area contributed by atoms with Crippen LogP contribution in [0.1, 0.15) is 5.76 Å². The summed E-state index contributed by atoms with van der Waals surface area (Å²) in [4.78, 5) is 0. The molecule has 0 aliphatic rings.